The van der Waals surface area contributed by atoms with Crippen molar-refractivity contribution in [2.75, 3.05) is 12.4 Å². The predicted octanol–water partition coefficient (Wildman–Crippen LogP) is 4.83. The lowest BCUT2D eigenvalue weighted by Crippen LogP contribution is -2.29. The van der Waals surface area contributed by atoms with E-state index in [1.165, 1.54) is 7.11 Å². The van der Waals surface area contributed by atoms with Crippen LogP contribution in [0.5, 0.6) is 0 Å². The summed E-state index contributed by atoms with van der Waals surface area (Å²) in [7, 11) is 1.30. The minimum Gasteiger partial charge on any atom is -0.453 e. The second kappa shape index (κ2) is 8.64. The number of ether oxygens (including phenoxy) is 1. The molecule has 0 spiro atoms. The fourth-order valence-corrected chi connectivity index (χ4v) is 3.90. The summed E-state index contributed by atoms with van der Waals surface area (Å²) in [5.74, 6) is -0.0830. The molecular formula is C19H18N2O3S2. The third-order valence-corrected chi connectivity index (χ3v) is 5.40. The lowest BCUT2D eigenvalue weighted by atomic mass is 10.1. The fourth-order valence-electron chi connectivity index (χ4n) is 2.46. The number of rotatable bonds is 6. The van der Waals surface area contributed by atoms with Gasteiger partial charge in [0.15, 0.2) is 0 Å². The van der Waals surface area contributed by atoms with Crippen LogP contribution < -0.4 is 5.32 Å². The van der Waals surface area contributed by atoms with Crippen molar-refractivity contribution in [3.8, 4) is 0 Å². The normalized spacial score (nSPS) is 10.3. The second-order valence-corrected chi connectivity index (χ2v) is 7.58. The van der Waals surface area contributed by atoms with Gasteiger partial charge in [-0.25, -0.2) is 4.79 Å². The number of hydrogen-bond donors (Lipinski definition) is 1. The highest BCUT2D eigenvalue weighted by Gasteiger charge is 2.18. The van der Waals surface area contributed by atoms with E-state index in [0.717, 1.165) is 9.75 Å². The summed E-state index contributed by atoms with van der Waals surface area (Å²) in [6.45, 7) is 1.09. The molecule has 3 aromatic rings. The molecule has 0 bridgehead atoms. The number of benzene rings is 1. The van der Waals surface area contributed by atoms with Crippen LogP contribution in [0.1, 0.15) is 20.1 Å². The highest BCUT2D eigenvalue weighted by atomic mass is 32.1. The van der Waals surface area contributed by atoms with E-state index in [1.807, 2.05) is 39.9 Å². The van der Waals surface area contributed by atoms with Crippen LogP contribution in [0.15, 0.2) is 59.3 Å². The lowest BCUT2D eigenvalue weighted by Gasteiger charge is -2.22. The third kappa shape index (κ3) is 4.71. The number of nitrogens with one attached hydrogen (secondary N) is 1. The minimum atomic E-state index is -0.566. The van der Waals surface area contributed by atoms with Gasteiger partial charge in [0.1, 0.15) is 0 Å². The highest BCUT2D eigenvalue weighted by Crippen LogP contribution is 2.20. The lowest BCUT2D eigenvalue weighted by molar-refractivity contribution is 0.0733. The molecule has 2 heterocycles. The molecule has 0 saturated heterocycles. The Bertz CT molecular complexity index is 825. The van der Waals surface area contributed by atoms with E-state index >= 15 is 0 Å². The van der Waals surface area contributed by atoms with Crippen molar-refractivity contribution in [2.45, 2.75) is 13.1 Å². The van der Waals surface area contributed by atoms with Crippen LogP contribution in [0.2, 0.25) is 0 Å². The molecule has 5 nitrogen and oxygen atoms in total. The van der Waals surface area contributed by atoms with Crippen LogP contribution in [0, 0.1) is 0 Å². The van der Waals surface area contributed by atoms with Crippen LogP contribution in [-0.2, 0) is 17.8 Å². The van der Waals surface area contributed by atoms with Gasteiger partial charge >= 0.3 is 6.09 Å². The molecule has 2 aromatic heterocycles. The first-order valence-electron chi connectivity index (χ1n) is 7.95. The number of thiophene rings is 2. The Kier molecular flexibility index (Phi) is 6.04. The summed E-state index contributed by atoms with van der Waals surface area (Å²) in [4.78, 5) is 28.6. The molecule has 3 rings (SSSR count). The van der Waals surface area contributed by atoms with Gasteiger partial charge < -0.3 is 9.64 Å². The van der Waals surface area contributed by atoms with Gasteiger partial charge in [0.2, 0.25) is 0 Å². The number of anilines is 1. The zero-order valence-corrected chi connectivity index (χ0v) is 15.8. The molecule has 7 heteroatoms. The first-order chi connectivity index (χ1) is 12.7. The van der Waals surface area contributed by atoms with Gasteiger partial charge in [-0.1, -0.05) is 18.2 Å². The Morgan fingerprint density at radius 1 is 1.00 bits per heavy atom. The van der Waals surface area contributed by atoms with Crippen molar-refractivity contribution < 1.29 is 14.3 Å². The minimum absolute atomic E-state index is 0.0830. The van der Waals surface area contributed by atoms with Crippen molar-refractivity contribution in [1.82, 2.24) is 4.90 Å². The maximum absolute atomic E-state index is 13.1. The molecule has 0 atom stereocenters. The smallest absolute Gasteiger partial charge is 0.411 e. The number of carbonyl (C=O) groups is 2. The van der Waals surface area contributed by atoms with Gasteiger partial charge in [-0.2, -0.15) is 0 Å². The molecule has 0 aliphatic carbocycles. The van der Waals surface area contributed by atoms with Crippen LogP contribution in [-0.4, -0.2) is 24.0 Å². The Morgan fingerprint density at radius 2 is 1.65 bits per heavy atom. The van der Waals surface area contributed by atoms with Crippen molar-refractivity contribution in [2.24, 2.45) is 0 Å². The molecule has 0 radical (unpaired) electrons. The van der Waals surface area contributed by atoms with Gasteiger partial charge in [-0.3, -0.25) is 10.1 Å². The molecule has 0 aliphatic rings. The molecule has 134 valence electrons. The van der Waals surface area contributed by atoms with Gasteiger partial charge in [-0.05, 0) is 41.1 Å². The van der Waals surface area contributed by atoms with Gasteiger partial charge in [-0.15, -0.1) is 22.7 Å². The topological polar surface area (TPSA) is 58.6 Å². The van der Waals surface area contributed by atoms with Crippen LogP contribution >= 0.6 is 22.7 Å². The van der Waals surface area contributed by atoms with Crippen LogP contribution in [0.25, 0.3) is 0 Å². The second-order valence-electron chi connectivity index (χ2n) is 5.52. The summed E-state index contributed by atoms with van der Waals surface area (Å²) in [6.07, 6.45) is -0.566. The zero-order valence-electron chi connectivity index (χ0n) is 14.2. The first-order valence-corrected chi connectivity index (χ1v) is 9.70. The molecule has 1 aromatic carbocycles. The van der Waals surface area contributed by atoms with Crippen LogP contribution in [0.4, 0.5) is 10.5 Å². The molecular weight excluding hydrogens is 368 g/mol. The average molecular weight is 386 g/mol. The Hall–Kier alpha value is -2.64. The van der Waals surface area contributed by atoms with Crippen molar-refractivity contribution in [3.63, 3.8) is 0 Å². The summed E-state index contributed by atoms with van der Waals surface area (Å²) in [5, 5.41) is 6.60. The summed E-state index contributed by atoms with van der Waals surface area (Å²) >= 11 is 3.25. The number of methoxy groups -OCH3 is 1. The quantitative estimate of drug-likeness (QED) is 0.660. The zero-order chi connectivity index (χ0) is 18.4. The third-order valence-electron chi connectivity index (χ3n) is 3.68. The number of nitrogens with zero attached hydrogens (tertiary/aromatic N) is 1. The monoisotopic (exact) mass is 386 g/mol. The standard InChI is InChI=1S/C19H18N2O3S2/c1-24-19(23)20-15-6-2-5-14(11-15)18(22)21(12-16-7-3-9-25-16)13-17-8-4-10-26-17/h2-11H,12-13H2,1H3,(H,20,23). The Labute approximate surface area is 159 Å². The largest absolute Gasteiger partial charge is 0.453 e. The van der Waals surface area contributed by atoms with E-state index in [1.54, 1.807) is 46.9 Å². The summed E-state index contributed by atoms with van der Waals surface area (Å²) in [5.41, 5.74) is 1.04. The number of hydrogen-bond acceptors (Lipinski definition) is 5. The van der Waals surface area contributed by atoms with Gasteiger partial charge in [0, 0.05) is 21.0 Å². The van der Waals surface area contributed by atoms with Crippen molar-refractivity contribution >= 4 is 40.4 Å². The number of carbonyl (C=O) groups excluding carboxylic acids is 2. The van der Waals surface area contributed by atoms with E-state index in [-0.39, 0.29) is 5.91 Å². The van der Waals surface area contributed by atoms with Crippen LogP contribution in [0.3, 0.4) is 0 Å². The highest BCUT2D eigenvalue weighted by molar-refractivity contribution is 7.10. The molecule has 0 saturated carbocycles. The predicted molar refractivity (Wildman–Crippen MR) is 105 cm³/mol. The summed E-state index contributed by atoms with van der Waals surface area (Å²) in [6, 6.07) is 14.9. The maximum Gasteiger partial charge on any atom is 0.411 e. The van der Waals surface area contributed by atoms with E-state index in [4.69, 9.17) is 0 Å². The van der Waals surface area contributed by atoms with Gasteiger partial charge in [0.25, 0.3) is 5.91 Å². The summed E-state index contributed by atoms with van der Waals surface area (Å²) < 4.78 is 4.60. The number of amides is 2. The molecule has 2 amide bonds. The van der Waals surface area contributed by atoms with Crippen molar-refractivity contribution in [3.05, 3.63) is 74.6 Å². The van der Waals surface area contributed by atoms with E-state index < -0.39 is 6.09 Å². The Balaban J connectivity index is 1.82. The fraction of sp³-hybridized carbons (Fsp3) is 0.158. The molecule has 1 N–H and O–H groups in total. The molecule has 0 aliphatic heterocycles. The first kappa shape index (κ1) is 18.2. The van der Waals surface area contributed by atoms with E-state index in [0.29, 0.717) is 24.3 Å². The molecule has 26 heavy (non-hydrogen) atoms. The van der Waals surface area contributed by atoms with Crippen molar-refractivity contribution in [1.29, 1.82) is 0 Å². The molecule has 0 unspecified atom stereocenters. The van der Waals surface area contributed by atoms with E-state index in [9.17, 15) is 9.59 Å². The van der Waals surface area contributed by atoms with Gasteiger partial charge in [0.05, 0.1) is 20.2 Å². The molecule has 0 fully saturated rings. The van der Waals surface area contributed by atoms with E-state index in [2.05, 4.69) is 10.1 Å². The average Bonchev–Trinajstić information content (AvgIpc) is 3.35. The SMILES string of the molecule is COC(=O)Nc1cccc(C(=O)N(Cc2cccs2)Cc2cccs2)c1. The Morgan fingerprint density at radius 3 is 2.19 bits per heavy atom. The maximum atomic E-state index is 13.1.